The fourth-order valence-corrected chi connectivity index (χ4v) is 2.70. The molecule has 0 spiro atoms. The highest BCUT2D eigenvalue weighted by Crippen LogP contribution is 2.22. The number of hydrogen-bond acceptors (Lipinski definition) is 2. The summed E-state index contributed by atoms with van der Waals surface area (Å²) >= 11 is 0. The van der Waals surface area contributed by atoms with Gasteiger partial charge in [-0.15, -0.1) is 0 Å². The third-order valence-corrected chi connectivity index (χ3v) is 3.93. The summed E-state index contributed by atoms with van der Waals surface area (Å²) < 4.78 is 0. The molecular weight excluding hydrogens is 274 g/mol. The molecule has 0 aliphatic rings. The third kappa shape index (κ3) is 4.18. The maximum atomic E-state index is 12.3. The molecule has 22 heavy (non-hydrogen) atoms. The topological polar surface area (TPSA) is 49.3 Å². The summed E-state index contributed by atoms with van der Waals surface area (Å²) in [5.41, 5.74) is 3.31. The van der Waals surface area contributed by atoms with Crippen LogP contribution in [0.25, 0.3) is 0 Å². The molecule has 2 aromatic carbocycles. The molecule has 2 atom stereocenters. The van der Waals surface area contributed by atoms with Crippen LogP contribution in [0.2, 0.25) is 0 Å². The lowest BCUT2D eigenvalue weighted by atomic mass is 9.93. The van der Waals surface area contributed by atoms with Gasteiger partial charge in [0, 0.05) is 6.42 Å². The zero-order chi connectivity index (χ0) is 15.9. The van der Waals surface area contributed by atoms with Gasteiger partial charge in [0.05, 0.1) is 12.6 Å². The highest BCUT2D eigenvalue weighted by molar-refractivity contribution is 5.77. The van der Waals surface area contributed by atoms with E-state index in [9.17, 15) is 9.90 Å². The molecule has 0 aliphatic carbocycles. The molecule has 3 nitrogen and oxygen atoms in total. The Morgan fingerprint density at radius 3 is 2.36 bits per heavy atom. The first-order valence-electron chi connectivity index (χ1n) is 7.62. The lowest BCUT2D eigenvalue weighted by Gasteiger charge is -2.19. The number of aliphatic hydroxyl groups is 1. The van der Waals surface area contributed by atoms with Crippen molar-refractivity contribution < 1.29 is 9.90 Å². The molecule has 2 unspecified atom stereocenters. The minimum Gasteiger partial charge on any atom is -0.394 e. The molecule has 0 bridgehead atoms. The smallest absolute Gasteiger partial charge is 0.221 e. The number of benzene rings is 2. The van der Waals surface area contributed by atoms with Gasteiger partial charge in [-0.25, -0.2) is 0 Å². The molecular formula is C19H23NO2. The highest BCUT2D eigenvalue weighted by atomic mass is 16.3. The normalized spacial score (nSPS) is 13.4. The average Bonchev–Trinajstić information content (AvgIpc) is 2.53. The molecule has 0 saturated carbocycles. The fourth-order valence-electron chi connectivity index (χ4n) is 2.70. The SMILES string of the molecule is Cc1ccccc1C(C)CC(=O)NC(CO)c1ccccc1. The second-order valence-electron chi connectivity index (χ2n) is 5.68. The highest BCUT2D eigenvalue weighted by Gasteiger charge is 2.17. The molecule has 2 rings (SSSR count). The monoisotopic (exact) mass is 297 g/mol. The van der Waals surface area contributed by atoms with Crippen LogP contribution in [0.3, 0.4) is 0 Å². The van der Waals surface area contributed by atoms with Gasteiger partial charge in [-0.2, -0.15) is 0 Å². The van der Waals surface area contributed by atoms with Crippen molar-refractivity contribution in [2.75, 3.05) is 6.61 Å². The van der Waals surface area contributed by atoms with Crippen LogP contribution in [0.5, 0.6) is 0 Å². The second kappa shape index (κ2) is 7.76. The van der Waals surface area contributed by atoms with E-state index >= 15 is 0 Å². The molecule has 0 saturated heterocycles. The van der Waals surface area contributed by atoms with Gasteiger partial charge in [0.2, 0.25) is 5.91 Å². The number of hydrogen-bond donors (Lipinski definition) is 2. The predicted octanol–water partition coefficient (Wildman–Crippen LogP) is 3.34. The van der Waals surface area contributed by atoms with Crippen molar-refractivity contribution in [2.45, 2.75) is 32.2 Å². The lowest BCUT2D eigenvalue weighted by Crippen LogP contribution is -2.31. The van der Waals surface area contributed by atoms with E-state index in [1.165, 1.54) is 11.1 Å². The van der Waals surface area contributed by atoms with Crippen LogP contribution in [-0.4, -0.2) is 17.6 Å². The first kappa shape index (κ1) is 16.2. The van der Waals surface area contributed by atoms with Gasteiger partial charge in [0.15, 0.2) is 0 Å². The van der Waals surface area contributed by atoms with E-state index in [1.807, 2.05) is 42.5 Å². The van der Waals surface area contributed by atoms with Crippen LogP contribution in [0.15, 0.2) is 54.6 Å². The van der Waals surface area contributed by atoms with Crippen molar-refractivity contribution in [1.82, 2.24) is 5.32 Å². The minimum absolute atomic E-state index is 0.0429. The van der Waals surface area contributed by atoms with Crippen LogP contribution in [-0.2, 0) is 4.79 Å². The summed E-state index contributed by atoms with van der Waals surface area (Å²) in [4.78, 5) is 12.3. The standard InChI is InChI=1S/C19H23NO2/c1-14-8-6-7-11-17(14)15(2)12-19(22)20-18(13-21)16-9-4-3-5-10-16/h3-11,15,18,21H,12-13H2,1-2H3,(H,20,22). The molecule has 1 amide bonds. The van der Waals surface area contributed by atoms with Gasteiger partial charge in [0.25, 0.3) is 0 Å². The van der Waals surface area contributed by atoms with Crippen molar-refractivity contribution in [2.24, 2.45) is 0 Å². The second-order valence-corrected chi connectivity index (χ2v) is 5.68. The molecule has 116 valence electrons. The van der Waals surface area contributed by atoms with E-state index < -0.39 is 0 Å². The summed E-state index contributed by atoms with van der Waals surface area (Å²) in [7, 11) is 0. The summed E-state index contributed by atoms with van der Waals surface area (Å²) in [5.74, 6) is 0.106. The molecule has 3 heteroatoms. The summed E-state index contributed by atoms with van der Waals surface area (Å²) in [5, 5.41) is 12.4. The van der Waals surface area contributed by atoms with Crippen LogP contribution >= 0.6 is 0 Å². The Kier molecular flexibility index (Phi) is 5.73. The zero-order valence-electron chi connectivity index (χ0n) is 13.1. The Hall–Kier alpha value is -2.13. The van der Waals surface area contributed by atoms with Crippen molar-refractivity contribution in [3.63, 3.8) is 0 Å². The first-order valence-corrected chi connectivity index (χ1v) is 7.62. The van der Waals surface area contributed by atoms with Gasteiger partial charge >= 0.3 is 0 Å². The predicted molar refractivity (Wildman–Crippen MR) is 88.6 cm³/mol. The quantitative estimate of drug-likeness (QED) is 0.859. The largest absolute Gasteiger partial charge is 0.394 e. The first-order chi connectivity index (χ1) is 10.6. The molecule has 0 heterocycles. The van der Waals surface area contributed by atoms with Crippen molar-refractivity contribution in [3.8, 4) is 0 Å². The minimum atomic E-state index is -0.349. The number of carbonyl (C=O) groups is 1. The maximum Gasteiger partial charge on any atom is 0.221 e. The van der Waals surface area contributed by atoms with Gasteiger partial charge in [0.1, 0.15) is 0 Å². The van der Waals surface area contributed by atoms with Gasteiger partial charge < -0.3 is 10.4 Å². The number of aryl methyl sites for hydroxylation is 1. The van der Waals surface area contributed by atoms with Crippen molar-refractivity contribution in [3.05, 3.63) is 71.3 Å². The number of carbonyl (C=O) groups excluding carboxylic acids is 1. The number of rotatable bonds is 6. The Labute approximate surface area is 132 Å². The Balaban J connectivity index is 1.99. The molecule has 0 radical (unpaired) electrons. The summed E-state index contributed by atoms with van der Waals surface area (Å²) in [6.07, 6.45) is 0.411. The van der Waals surface area contributed by atoms with E-state index in [0.717, 1.165) is 5.56 Å². The zero-order valence-corrected chi connectivity index (χ0v) is 13.1. The van der Waals surface area contributed by atoms with Crippen LogP contribution in [0, 0.1) is 6.92 Å². The molecule has 2 aromatic rings. The number of aliphatic hydroxyl groups excluding tert-OH is 1. The van der Waals surface area contributed by atoms with Crippen molar-refractivity contribution >= 4 is 5.91 Å². The van der Waals surface area contributed by atoms with Crippen molar-refractivity contribution in [1.29, 1.82) is 0 Å². The molecule has 0 aromatic heterocycles. The summed E-state index contributed by atoms with van der Waals surface area (Å²) in [6, 6.07) is 17.3. The summed E-state index contributed by atoms with van der Waals surface area (Å²) in [6.45, 7) is 4.01. The fraction of sp³-hybridized carbons (Fsp3) is 0.316. The number of amides is 1. The molecule has 0 fully saturated rings. The van der Waals surface area contributed by atoms with Crippen LogP contribution in [0.4, 0.5) is 0 Å². The van der Waals surface area contributed by atoms with E-state index in [0.29, 0.717) is 6.42 Å². The van der Waals surface area contributed by atoms with E-state index in [4.69, 9.17) is 0 Å². The average molecular weight is 297 g/mol. The van der Waals surface area contributed by atoms with Gasteiger partial charge in [-0.05, 0) is 29.5 Å². The number of nitrogens with one attached hydrogen (secondary N) is 1. The van der Waals surface area contributed by atoms with E-state index in [1.54, 1.807) is 0 Å². The molecule has 0 aliphatic heterocycles. The third-order valence-electron chi connectivity index (χ3n) is 3.93. The maximum absolute atomic E-state index is 12.3. The Morgan fingerprint density at radius 1 is 1.09 bits per heavy atom. The lowest BCUT2D eigenvalue weighted by molar-refractivity contribution is -0.122. The van der Waals surface area contributed by atoms with Gasteiger partial charge in [-0.3, -0.25) is 4.79 Å². The van der Waals surface area contributed by atoms with Crippen LogP contribution in [0.1, 0.15) is 42.0 Å². The van der Waals surface area contributed by atoms with Crippen LogP contribution < -0.4 is 5.32 Å². The van der Waals surface area contributed by atoms with Gasteiger partial charge in [-0.1, -0.05) is 61.5 Å². The van der Waals surface area contributed by atoms with E-state index in [-0.39, 0.29) is 24.5 Å². The molecule has 2 N–H and O–H groups in total. The Bertz CT molecular complexity index is 610. The Morgan fingerprint density at radius 2 is 1.73 bits per heavy atom. The van der Waals surface area contributed by atoms with E-state index in [2.05, 4.69) is 31.3 Å².